The van der Waals surface area contributed by atoms with E-state index in [1.807, 2.05) is 0 Å². The van der Waals surface area contributed by atoms with Crippen LogP contribution in [0.2, 0.25) is 0 Å². The molecule has 6 atom stereocenters. The number of rotatable bonds is 0. The van der Waals surface area contributed by atoms with Crippen LogP contribution < -0.4 is 0 Å². The van der Waals surface area contributed by atoms with E-state index in [4.69, 9.17) is 4.74 Å². The average Bonchev–Trinajstić information content (AvgIpc) is 2.90. The number of ether oxygens (including phenoxy) is 1. The van der Waals surface area contributed by atoms with Gasteiger partial charge < -0.3 is 4.74 Å². The summed E-state index contributed by atoms with van der Waals surface area (Å²) in [6.07, 6.45) is 5.48. The predicted octanol–water partition coefficient (Wildman–Crippen LogP) is 3.63. The third-order valence-corrected chi connectivity index (χ3v) is 6.84. The van der Waals surface area contributed by atoms with Gasteiger partial charge in [0.25, 0.3) is 0 Å². The van der Waals surface area contributed by atoms with Gasteiger partial charge in [-0.15, -0.1) is 0 Å². The van der Waals surface area contributed by atoms with Crippen LogP contribution in [0.1, 0.15) is 53.4 Å². The Hall–Kier alpha value is -0.0400. The third kappa shape index (κ3) is 0.836. The molecule has 3 saturated carbocycles. The Balaban J connectivity index is 1.77. The fourth-order valence-corrected chi connectivity index (χ4v) is 5.75. The molecule has 0 unspecified atom stereocenters. The van der Waals surface area contributed by atoms with Crippen molar-refractivity contribution in [2.45, 2.75) is 64.6 Å². The molecule has 90 valence electrons. The normalized spacial score (nSPS) is 65.2. The molecule has 1 heterocycles. The van der Waals surface area contributed by atoms with Gasteiger partial charge in [0.2, 0.25) is 0 Å². The van der Waals surface area contributed by atoms with Crippen molar-refractivity contribution < 1.29 is 4.74 Å². The highest BCUT2D eigenvalue weighted by molar-refractivity contribution is 5.28. The van der Waals surface area contributed by atoms with Crippen molar-refractivity contribution in [2.75, 3.05) is 0 Å². The average molecular weight is 220 g/mol. The first-order valence-corrected chi connectivity index (χ1v) is 7.13. The van der Waals surface area contributed by atoms with Gasteiger partial charge in [-0.3, -0.25) is 0 Å². The van der Waals surface area contributed by atoms with Crippen LogP contribution in [0.3, 0.4) is 0 Å². The topological polar surface area (TPSA) is 12.5 Å². The zero-order valence-corrected chi connectivity index (χ0v) is 11.0. The minimum atomic E-state index is 0.270. The van der Waals surface area contributed by atoms with Gasteiger partial charge in [0.15, 0.2) is 0 Å². The maximum absolute atomic E-state index is 6.32. The molecule has 0 aromatic rings. The lowest BCUT2D eigenvalue weighted by Crippen LogP contribution is -2.31. The van der Waals surface area contributed by atoms with E-state index in [1.54, 1.807) is 0 Å². The van der Waals surface area contributed by atoms with Gasteiger partial charge in [-0.05, 0) is 61.7 Å². The van der Waals surface area contributed by atoms with Gasteiger partial charge in [-0.2, -0.15) is 0 Å². The first-order chi connectivity index (χ1) is 7.42. The van der Waals surface area contributed by atoms with Crippen molar-refractivity contribution in [1.82, 2.24) is 0 Å². The maximum atomic E-state index is 6.32. The monoisotopic (exact) mass is 220 g/mol. The Bertz CT molecular complexity index is 356. The fraction of sp³-hybridized carbons (Fsp3) is 1.00. The lowest BCUT2D eigenvalue weighted by atomic mass is 9.77. The molecule has 0 aromatic heterocycles. The summed E-state index contributed by atoms with van der Waals surface area (Å²) in [5.41, 5.74) is 1.20. The molecular formula is C15H24O. The van der Waals surface area contributed by atoms with Crippen LogP contribution in [-0.4, -0.2) is 11.2 Å². The van der Waals surface area contributed by atoms with Crippen LogP contribution in [-0.2, 0) is 4.74 Å². The molecule has 1 nitrogen and oxygen atoms in total. The van der Waals surface area contributed by atoms with Crippen molar-refractivity contribution in [3.05, 3.63) is 0 Å². The van der Waals surface area contributed by atoms with Gasteiger partial charge in [-0.25, -0.2) is 0 Å². The van der Waals surface area contributed by atoms with Gasteiger partial charge in [-0.1, -0.05) is 20.8 Å². The largest absolute Gasteiger partial charge is 0.363 e. The Labute approximate surface area is 98.9 Å². The van der Waals surface area contributed by atoms with Crippen LogP contribution in [0.4, 0.5) is 0 Å². The standard InChI is InChI=1S/C15H24O/c1-9-5-8-15-11(9)12-10(13(12,2)3)6-7-14(15,4)16-15/h9-12H,5-8H2,1-4H3/t9-,10-,11+,12-,14+,15-/m1/s1. The molecule has 0 amide bonds. The summed E-state index contributed by atoms with van der Waals surface area (Å²) in [6.45, 7) is 9.84. The smallest absolute Gasteiger partial charge is 0.101 e. The molecular weight excluding hydrogens is 196 g/mol. The number of epoxide rings is 1. The van der Waals surface area contributed by atoms with Gasteiger partial charge >= 0.3 is 0 Å². The molecule has 1 saturated heterocycles. The van der Waals surface area contributed by atoms with E-state index < -0.39 is 0 Å². The van der Waals surface area contributed by atoms with Crippen LogP contribution in [0.25, 0.3) is 0 Å². The Kier molecular flexibility index (Phi) is 1.48. The Morgan fingerprint density at radius 1 is 1.00 bits per heavy atom. The predicted molar refractivity (Wildman–Crippen MR) is 64.1 cm³/mol. The van der Waals surface area contributed by atoms with Gasteiger partial charge in [0, 0.05) is 0 Å². The highest BCUT2D eigenvalue weighted by Gasteiger charge is 2.80. The molecule has 3 aliphatic carbocycles. The summed E-state index contributed by atoms with van der Waals surface area (Å²) < 4.78 is 6.32. The highest BCUT2D eigenvalue weighted by Crippen LogP contribution is 2.78. The van der Waals surface area contributed by atoms with Crippen LogP contribution in [0.15, 0.2) is 0 Å². The SMILES string of the molecule is C[C@@H]1CC[C@]23O[C@@]2(C)CC[C@@H]2[C@H]([C@H]13)C2(C)C. The van der Waals surface area contributed by atoms with Crippen LogP contribution >= 0.6 is 0 Å². The molecule has 0 radical (unpaired) electrons. The van der Waals surface area contributed by atoms with E-state index >= 15 is 0 Å². The molecule has 16 heavy (non-hydrogen) atoms. The summed E-state index contributed by atoms with van der Waals surface area (Å²) in [4.78, 5) is 0. The number of hydrogen-bond acceptors (Lipinski definition) is 1. The molecule has 1 heteroatoms. The van der Waals surface area contributed by atoms with E-state index in [2.05, 4.69) is 27.7 Å². The first kappa shape index (κ1) is 9.94. The van der Waals surface area contributed by atoms with E-state index in [1.165, 1.54) is 25.7 Å². The zero-order valence-electron chi connectivity index (χ0n) is 11.0. The second kappa shape index (κ2) is 2.39. The van der Waals surface area contributed by atoms with Crippen molar-refractivity contribution in [1.29, 1.82) is 0 Å². The molecule has 4 rings (SSSR count). The quantitative estimate of drug-likeness (QED) is 0.568. The van der Waals surface area contributed by atoms with Gasteiger partial charge in [0.1, 0.15) is 5.60 Å². The second-order valence-electron chi connectivity index (χ2n) is 7.76. The summed E-state index contributed by atoms with van der Waals surface area (Å²) in [6, 6.07) is 0. The molecule has 1 aliphatic heterocycles. The lowest BCUT2D eigenvalue weighted by Gasteiger charge is -2.23. The number of fused-ring (bicyclic) bond motifs is 2. The lowest BCUT2D eigenvalue weighted by molar-refractivity contribution is 0.176. The van der Waals surface area contributed by atoms with Crippen LogP contribution in [0.5, 0.6) is 0 Å². The van der Waals surface area contributed by atoms with Crippen LogP contribution in [0, 0.1) is 29.1 Å². The fourth-order valence-electron chi connectivity index (χ4n) is 5.75. The molecule has 0 aromatic carbocycles. The summed E-state index contributed by atoms with van der Waals surface area (Å²) in [7, 11) is 0. The third-order valence-electron chi connectivity index (χ3n) is 6.84. The highest BCUT2D eigenvalue weighted by atomic mass is 16.6. The first-order valence-electron chi connectivity index (χ1n) is 7.13. The van der Waals surface area contributed by atoms with Crippen molar-refractivity contribution >= 4 is 0 Å². The summed E-state index contributed by atoms with van der Waals surface area (Å²) in [5.74, 6) is 3.74. The molecule has 4 aliphatic rings. The molecule has 0 bridgehead atoms. The Morgan fingerprint density at radius 2 is 1.75 bits per heavy atom. The maximum Gasteiger partial charge on any atom is 0.101 e. The number of hydrogen-bond donors (Lipinski definition) is 0. The summed E-state index contributed by atoms with van der Waals surface area (Å²) in [5, 5.41) is 0. The molecule has 4 fully saturated rings. The van der Waals surface area contributed by atoms with Crippen molar-refractivity contribution in [3.63, 3.8) is 0 Å². The Morgan fingerprint density at radius 3 is 2.50 bits per heavy atom. The minimum Gasteiger partial charge on any atom is -0.363 e. The minimum absolute atomic E-state index is 0.270. The molecule has 1 spiro atoms. The van der Waals surface area contributed by atoms with E-state index in [0.717, 1.165) is 23.7 Å². The van der Waals surface area contributed by atoms with Crippen molar-refractivity contribution in [2.24, 2.45) is 29.1 Å². The van der Waals surface area contributed by atoms with E-state index in [9.17, 15) is 0 Å². The zero-order chi connectivity index (χ0) is 11.3. The van der Waals surface area contributed by atoms with E-state index in [0.29, 0.717) is 11.0 Å². The molecule has 0 N–H and O–H groups in total. The van der Waals surface area contributed by atoms with Gasteiger partial charge in [0.05, 0.1) is 5.60 Å². The van der Waals surface area contributed by atoms with E-state index in [-0.39, 0.29) is 5.60 Å². The van der Waals surface area contributed by atoms with Crippen molar-refractivity contribution in [3.8, 4) is 0 Å². The summed E-state index contributed by atoms with van der Waals surface area (Å²) >= 11 is 0. The second-order valence-corrected chi connectivity index (χ2v) is 7.76.